The van der Waals surface area contributed by atoms with E-state index >= 15 is 0 Å². The van der Waals surface area contributed by atoms with Crippen LogP contribution in [0.1, 0.15) is 24.5 Å². The Morgan fingerprint density at radius 1 is 1.60 bits per heavy atom. The van der Waals surface area contributed by atoms with Gasteiger partial charge in [0.25, 0.3) is 0 Å². The zero-order valence-electron chi connectivity index (χ0n) is 5.62. The van der Waals surface area contributed by atoms with Crippen LogP contribution in [0.3, 0.4) is 0 Å². The van der Waals surface area contributed by atoms with Crippen molar-refractivity contribution in [2.24, 2.45) is 0 Å². The molecule has 0 atom stereocenters. The quantitative estimate of drug-likeness (QED) is 0.539. The minimum absolute atomic E-state index is 0.543. The Bertz CT molecular complexity index is 229. The standard InChI is InChI=1S/C6H10N4/c7-6-3-5(4-1-2-4)9-10(6)8/h3-4H,1-2,7-8H2. The van der Waals surface area contributed by atoms with Crippen LogP contribution in [0.15, 0.2) is 6.07 Å². The third-order valence-corrected chi connectivity index (χ3v) is 1.78. The highest BCUT2D eigenvalue weighted by atomic mass is 15.5. The number of nitrogens with two attached hydrogens (primary N) is 2. The Morgan fingerprint density at radius 3 is 2.70 bits per heavy atom. The van der Waals surface area contributed by atoms with E-state index < -0.39 is 0 Å². The van der Waals surface area contributed by atoms with Gasteiger partial charge in [-0.2, -0.15) is 9.89 Å². The zero-order chi connectivity index (χ0) is 7.14. The molecule has 10 heavy (non-hydrogen) atoms. The summed E-state index contributed by atoms with van der Waals surface area (Å²) in [6, 6.07) is 1.84. The Hall–Kier alpha value is -1.19. The van der Waals surface area contributed by atoms with Gasteiger partial charge in [0.1, 0.15) is 5.82 Å². The highest BCUT2D eigenvalue weighted by Gasteiger charge is 2.26. The van der Waals surface area contributed by atoms with Crippen molar-refractivity contribution in [1.82, 2.24) is 9.89 Å². The van der Waals surface area contributed by atoms with Gasteiger partial charge in [0.05, 0.1) is 5.69 Å². The van der Waals surface area contributed by atoms with Crippen molar-refractivity contribution in [2.75, 3.05) is 11.6 Å². The van der Waals surface area contributed by atoms with Gasteiger partial charge in [-0.3, -0.25) is 0 Å². The molecule has 0 spiro atoms. The Labute approximate surface area is 58.8 Å². The Kier molecular flexibility index (Phi) is 0.922. The first-order valence-electron chi connectivity index (χ1n) is 3.38. The molecule has 1 fully saturated rings. The third-order valence-electron chi connectivity index (χ3n) is 1.78. The van der Waals surface area contributed by atoms with Crippen LogP contribution in [0.2, 0.25) is 0 Å². The minimum Gasteiger partial charge on any atom is -0.382 e. The van der Waals surface area contributed by atoms with E-state index in [2.05, 4.69) is 5.10 Å². The fraction of sp³-hybridized carbons (Fsp3) is 0.500. The number of nitrogens with zero attached hydrogens (tertiary/aromatic N) is 2. The summed E-state index contributed by atoms with van der Waals surface area (Å²) in [6.45, 7) is 0. The Balaban J connectivity index is 2.34. The van der Waals surface area contributed by atoms with E-state index in [-0.39, 0.29) is 0 Å². The minimum atomic E-state index is 0.543. The van der Waals surface area contributed by atoms with Crippen LogP contribution < -0.4 is 11.6 Å². The SMILES string of the molecule is Nc1cc(C2CC2)nn1N. The van der Waals surface area contributed by atoms with E-state index in [0.29, 0.717) is 11.7 Å². The van der Waals surface area contributed by atoms with E-state index in [1.165, 1.54) is 17.6 Å². The molecule has 54 valence electrons. The predicted octanol–water partition coefficient (Wildman–Crippen LogP) is 0.0565. The van der Waals surface area contributed by atoms with Crippen LogP contribution in [-0.4, -0.2) is 9.89 Å². The molecule has 0 unspecified atom stereocenters. The van der Waals surface area contributed by atoms with E-state index in [9.17, 15) is 0 Å². The van der Waals surface area contributed by atoms with Crippen molar-refractivity contribution >= 4 is 5.82 Å². The molecule has 2 rings (SSSR count). The average molecular weight is 138 g/mol. The second-order valence-electron chi connectivity index (χ2n) is 2.71. The van der Waals surface area contributed by atoms with Crippen LogP contribution in [-0.2, 0) is 0 Å². The van der Waals surface area contributed by atoms with Gasteiger partial charge in [-0.25, -0.2) is 0 Å². The summed E-state index contributed by atoms with van der Waals surface area (Å²) in [5.74, 6) is 6.56. The molecule has 0 aromatic carbocycles. The molecule has 0 amide bonds. The summed E-state index contributed by atoms with van der Waals surface area (Å²) < 4.78 is 0. The second-order valence-corrected chi connectivity index (χ2v) is 2.71. The first-order valence-corrected chi connectivity index (χ1v) is 3.38. The monoisotopic (exact) mass is 138 g/mol. The van der Waals surface area contributed by atoms with Crippen LogP contribution in [0.25, 0.3) is 0 Å². The summed E-state index contributed by atoms with van der Waals surface area (Å²) in [7, 11) is 0. The predicted molar refractivity (Wildman–Crippen MR) is 38.8 cm³/mol. The maximum atomic E-state index is 5.48. The lowest BCUT2D eigenvalue weighted by molar-refractivity contribution is 0.806. The first-order chi connectivity index (χ1) is 4.77. The molecule has 4 N–H and O–H groups in total. The largest absolute Gasteiger partial charge is 0.382 e. The van der Waals surface area contributed by atoms with Crippen molar-refractivity contribution in [3.8, 4) is 0 Å². The molecule has 1 aromatic rings. The second kappa shape index (κ2) is 1.65. The van der Waals surface area contributed by atoms with Crippen LogP contribution >= 0.6 is 0 Å². The van der Waals surface area contributed by atoms with Crippen molar-refractivity contribution in [2.45, 2.75) is 18.8 Å². The fourth-order valence-corrected chi connectivity index (χ4v) is 1.01. The number of hydrogen-bond donors (Lipinski definition) is 2. The summed E-state index contributed by atoms with van der Waals surface area (Å²) in [5, 5.41) is 4.04. The van der Waals surface area contributed by atoms with Gasteiger partial charge in [-0.1, -0.05) is 0 Å². The number of rotatable bonds is 1. The Morgan fingerprint density at radius 2 is 2.30 bits per heavy atom. The van der Waals surface area contributed by atoms with Crippen LogP contribution in [0, 0.1) is 0 Å². The van der Waals surface area contributed by atoms with E-state index in [4.69, 9.17) is 11.6 Å². The smallest absolute Gasteiger partial charge is 0.144 e. The molecule has 1 aliphatic carbocycles. The average Bonchev–Trinajstić information content (AvgIpc) is 2.64. The molecule has 1 aromatic heterocycles. The van der Waals surface area contributed by atoms with E-state index in [1.54, 1.807) is 0 Å². The lowest BCUT2D eigenvalue weighted by Crippen LogP contribution is -2.13. The molecule has 0 aliphatic heterocycles. The molecule has 1 heterocycles. The summed E-state index contributed by atoms with van der Waals surface area (Å²) in [4.78, 5) is 1.23. The van der Waals surface area contributed by atoms with Crippen molar-refractivity contribution in [3.05, 3.63) is 11.8 Å². The van der Waals surface area contributed by atoms with Crippen molar-refractivity contribution in [1.29, 1.82) is 0 Å². The van der Waals surface area contributed by atoms with Gasteiger partial charge in [-0.05, 0) is 12.8 Å². The van der Waals surface area contributed by atoms with Crippen molar-refractivity contribution < 1.29 is 0 Å². The third kappa shape index (κ3) is 0.725. The molecule has 1 aliphatic rings. The molecule has 0 saturated heterocycles. The topological polar surface area (TPSA) is 69.9 Å². The van der Waals surface area contributed by atoms with Gasteiger partial charge in [-0.15, -0.1) is 0 Å². The lowest BCUT2D eigenvalue weighted by Gasteiger charge is -1.89. The van der Waals surface area contributed by atoms with Gasteiger partial charge in [0.2, 0.25) is 0 Å². The molecule has 1 saturated carbocycles. The molecule has 0 bridgehead atoms. The summed E-state index contributed by atoms with van der Waals surface area (Å²) in [5.41, 5.74) is 6.52. The first kappa shape index (κ1) is 5.58. The van der Waals surface area contributed by atoms with Gasteiger partial charge in [0, 0.05) is 12.0 Å². The van der Waals surface area contributed by atoms with Crippen LogP contribution in [0.4, 0.5) is 5.82 Å². The fourth-order valence-electron chi connectivity index (χ4n) is 1.01. The number of aromatic nitrogens is 2. The maximum Gasteiger partial charge on any atom is 0.144 e. The number of anilines is 1. The highest BCUT2D eigenvalue weighted by Crippen LogP contribution is 2.39. The summed E-state index contributed by atoms with van der Waals surface area (Å²) >= 11 is 0. The van der Waals surface area contributed by atoms with E-state index in [0.717, 1.165) is 5.69 Å². The highest BCUT2D eigenvalue weighted by molar-refractivity contribution is 5.33. The maximum absolute atomic E-state index is 5.48. The molecular formula is C6H10N4. The van der Waals surface area contributed by atoms with Crippen LogP contribution in [0.5, 0.6) is 0 Å². The van der Waals surface area contributed by atoms with Gasteiger partial charge < -0.3 is 11.6 Å². The zero-order valence-corrected chi connectivity index (χ0v) is 5.62. The van der Waals surface area contributed by atoms with E-state index in [1.807, 2.05) is 6.07 Å². The molecular weight excluding hydrogens is 128 g/mol. The molecule has 0 radical (unpaired) electrons. The molecule has 4 nitrogen and oxygen atoms in total. The molecule has 4 heteroatoms. The number of nitrogen functional groups attached to an aromatic ring is 2. The van der Waals surface area contributed by atoms with Gasteiger partial charge >= 0.3 is 0 Å². The number of hydrogen-bond acceptors (Lipinski definition) is 3. The normalized spacial score (nSPS) is 17.6. The lowest BCUT2D eigenvalue weighted by atomic mass is 10.3. The summed E-state index contributed by atoms with van der Waals surface area (Å²) in [6.07, 6.45) is 2.47. The van der Waals surface area contributed by atoms with Crippen molar-refractivity contribution in [3.63, 3.8) is 0 Å². The van der Waals surface area contributed by atoms with Gasteiger partial charge in [0.15, 0.2) is 0 Å².